The monoisotopic (exact) mass is 362 g/mol. The number of likely N-dealkylation sites (N-methyl/N-ethyl adjacent to an activating group) is 1. The van der Waals surface area contributed by atoms with E-state index in [1.807, 2.05) is 39.1 Å². The number of aromatic amines is 1. The van der Waals surface area contributed by atoms with Crippen LogP contribution in [0.25, 0.3) is 11.2 Å². The highest BCUT2D eigenvalue weighted by molar-refractivity contribution is 6.31. The van der Waals surface area contributed by atoms with Gasteiger partial charge in [-0.15, -0.1) is 0 Å². The highest BCUT2D eigenvalue weighted by atomic mass is 35.5. The van der Waals surface area contributed by atoms with Gasteiger partial charge in [-0.1, -0.05) is 43.6 Å². The zero-order valence-corrected chi connectivity index (χ0v) is 15.4. The second-order valence-electron chi connectivity index (χ2n) is 5.07. The molecule has 0 aliphatic heterocycles. The van der Waals surface area contributed by atoms with E-state index in [-0.39, 0.29) is 5.69 Å². The Labute approximate surface area is 151 Å². The van der Waals surface area contributed by atoms with Crippen LogP contribution in [0, 0.1) is 0 Å². The molecule has 0 aliphatic rings. The first-order chi connectivity index (χ1) is 12.2. The van der Waals surface area contributed by atoms with Gasteiger partial charge in [-0.05, 0) is 18.7 Å². The molecule has 3 aromatic rings. The smallest absolute Gasteiger partial charge is 0.328 e. The number of hydrogen-bond donors (Lipinski definition) is 3. The lowest BCUT2D eigenvalue weighted by Gasteiger charge is -2.07. The molecule has 1 aromatic carbocycles. The quantitative estimate of drug-likeness (QED) is 0.586. The fourth-order valence-electron chi connectivity index (χ4n) is 2.27. The van der Waals surface area contributed by atoms with Crippen molar-refractivity contribution in [2.75, 3.05) is 25.5 Å². The number of rotatable bonds is 6. The summed E-state index contributed by atoms with van der Waals surface area (Å²) in [4.78, 5) is 23.6. The number of nitrogens with one attached hydrogen (secondary N) is 3. The molecule has 2 aromatic heterocycles. The molecule has 2 heterocycles. The lowest BCUT2D eigenvalue weighted by molar-refractivity contribution is 0.776. The van der Waals surface area contributed by atoms with Gasteiger partial charge in [0.25, 0.3) is 0 Å². The Bertz CT molecular complexity index is 873. The zero-order valence-electron chi connectivity index (χ0n) is 14.6. The first-order valence-electron chi connectivity index (χ1n) is 8.26. The van der Waals surface area contributed by atoms with Crippen LogP contribution in [0.4, 0.5) is 5.95 Å². The van der Waals surface area contributed by atoms with Crippen molar-refractivity contribution in [2.24, 2.45) is 0 Å². The van der Waals surface area contributed by atoms with Crippen molar-refractivity contribution in [3.8, 4) is 0 Å². The molecule has 8 heteroatoms. The van der Waals surface area contributed by atoms with Crippen LogP contribution in [0.3, 0.4) is 0 Å². The molecule has 0 saturated carbocycles. The third-order valence-corrected chi connectivity index (χ3v) is 3.82. The average Bonchev–Trinajstić information content (AvgIpc) is 2.94. The highest BCUT2D eigenvalue weighted by Gasteiger charge is 2.11. The molecule has 0 bridgehead atoms. The van der Waals surface area contributed by atoms with Crippen molar-refractivity contribution in [3.05, 3.63) is 51.5 Å². The van der Waals surface area contributed by atoms with Crippen molar-refractivity contribution in [3.63, 3.8) is 0 Å². The molecule has 0 radical (unpaired) electrons. The molecule has 0 atom stereocenters. The fraction of sp³-hybridized carbons (Fsp3) is 0.353. The maximum Gasteiger partial charge on any atom is 0.328 e. The Hall–Kier alpha value is -2.38. The van der Waals surface area contributed by atoms with Crippen LogP contribution >= 0.6 is 11.6 Å². The van der Waals surface area contributed by atoms with Crippen LogP contribution in [0.2, 0.25) is 5.02 Å². The number of imidazole rings is 1. The summed E-state index contributed by atoms with van der Waals surface area (Å²) in [6, 6.07) is 7.44. The number of H-pyrrole nitrogens is 1. The Kier molecular flexibility index (Phi) is 6.97. The van der Waals surface area contributed by atoms with Crippen LogP contribution in [0.1, 0.15) is 19.4 Å². The van der Waals surface area contributed by atoms with E-state index in [0.29, 0.717) is 35.2 Å². The third kappa shape index (κ3) is 4.58. The summed E-state index contributed by atoms with van der Waals surface area (Å²) in [5.74, 6) is 0.486. The minimum Gasteiger partial charge on any atom is -0.353 e. The SMILES string of the molecule is CC.CNCCNc1ncc2[nH]c(=O)n(Cc3ccccc3Cl)c2n1. The Balaban J connectivity index is 0.00000109. The number of nitrogens with zero attached hydrogens (tertiary/aromatic N) is 3. The molecule has 3 rings (SSSR count). The summed E-state index contributed by atoms with van der Waals surface area (Å²) in [6.07, 6.45) is 1.61. The maximum atomic E-state index is 12.2. The minimum atomic E-state index is -0.235. The van der Waals surface area contributed by atoms with Gasteiger partial charge in [0, 0.05) is 18.1 Å². The number of halogens is 1. The van der Waals surface area contributed by atoms with Gasteiger partial charge in [-0.2, -0.15) is 4.98 Å². The summed E-state index contributed by atoms with van der Waals surface area (Å²) < 4.78 is 1.56. The second-order valence-corrected chi connectivity index (χ2v) is 5.48. The number of fused-ring (bicyclic) bond motifs is 1. The molecule has 0 unspecified atom stereocenters. The van der Waals surface area contributed by atoms with Crippen molar-refractivity contribution < 1.29 is 0 Å². The Morgan fingerprint density at radius 1 is 1.24 bits per heavy atom. The summed E-state index contributed by atoms with van der Waals surface area (Å²) >= 11 is 6.18. The second kappa shape index (κ2) is 9.19. The maximum absolute atomic E-state index is 12.2. The summed E-state index contributed by atoms with van der Waals surface area (Å²) in [5.41, 5.74) is 1.78. The minimum absolute atomic E-state index is 0.235. The normalized spacial score (nSPS) is 10.4. The van der Waals surface area contributed by atoms with Gasteiger partial charge >= 0.3 is 5.69 Å². The number of benzene rings is 1. The van der Waals surface area contributed by atoms with Gasteiger partial charge in [0.1, 0.15) is 5.52 Å². The molecule has 3 N–H and O–H groups in total. The molecule has 7 nitrogen and oxygen atoms in total. The number of aromatic nitrogens is 4. The predicted octanol–water partition coefficient (Wildman–Crippen LogP) is 2.48. The van der Waals surface area contributed by atoms with Crippen molar-refractivity contribution in [2.45, 2.75) is 20.4 Å². The summed E-state index contributed by atoms with van der Waals surface area (Å²) in [5, 5.41) is 6.77. The van der Waals surface area contributed by atoms with Crippen LogP contribution in [-0.4, -0.2) is 39.7 Å². The molecule has 0 aliphatic carbocycles. The van der Waals surface area contributed by atoms with Crippen molar-refractivity contribution >= 4 is 28.7 Å². The molecule has 0 spiro atoms. The van der Waals surface area contributed by atoms with Gasteiger partial charge in [0.05, 0.1) is 12.7 Å². The van der Waals surface area contributed by atoms with Gasteiger partial charge in [-0.3, -0.25) is 4.57 Å². The Morgan fingerprint density at radius 2 is 2.00 bits per heavy atom. The van der Waals surface area contributed by atoms with E-state index in [9.17, 15) is 4.79 Å². The van der Waals surface area contributed by atoms with E-state index in [1.54, 1.807) is 16.8 Å². The first kappa shape index (κ1) is 19.0. The third-order valence-electron chi connectivity index (χ3n) is 3.46. The van der Waals surface area contributed by atoms with Crippen LogP contribution in [0.15, 0.2) is 35.3 Å². The fourth-order valence-corrected chi connectivity index (χ4v) is 2.47. The molecule has 0 fully saturated rings. The van der Waals surface area contributed by atoms with Gasteiger partial charge in [0.15, 0.2) is 5.65 Å². The number of anilines is 1. The van der Waals surface area contributed by atoms with E-state index in [4.69, 9.17) is 11.6 Å². The topological polar surface area (TPSA) is 87.6 Å². The van der Waals surface area contributed by atoms with Crippen LogP contribution < -0.4 is 16.3 Å². The van der Waals surface area contributed by atoms with Crippen LogP contribution in [-0.2, 0) is 6.54 Å². The van der Waals surface area contributed by atoms with E-state index >= 15 is 0 Å². The van der Waals surface area contributed by atoms with Gasteiger partial charge in [0.2, 0.25) is 5.95 Å². The lowest BCUT2D eigenvalue weighted by Crippen LogP contribution is -2.19. The van der Waals surface area contributed by atoms with Crippen LogP contribution in [0.5, 0.6) is 0 Å². The van der Waals surface area contributed by atoms with Crippen molar-refractivity contribution in [1.29, 1.82) is 0 Å². The zero-order chi connectivity index (χ0) is 18.2. The molecule has 25 heavy (non-hydrogen) atoms. The number of hydrogen-bond acceptors (Lipinski definition) is 5. The van der Waals surface area contributed by atoms with E-state index < -0.39 is 0 Å². The average molecular weight is 363 g/mol. The predicted molar refractivity (Wildman–Crippen MR) is 102 cm³/mol. The van der Waals surface area contributed by atoms with Gasteiger partial charge in [-0.25, -0.2) is 9.78 Å². The summed E-state index contributed by atoms with van der Waals surface area (Å²) in [6.45, 7) is 5.84. The highest BCUT2D eigenvalue weighted by Crippen LogP contribution is 2.17. The first-order valence-corrected chi connectivity index (χ1v) is 8.64. The molecule has 134 valence electrons. The lowest BCUT2D eigenvalue weighted by atomic mass is 10.2. The molecular weight excluding hydrogens is 340 g/mol. The Morgan fingerprint density at radius 3 is 2.72 bits per heavy atom. The molecular formula is C17H23ClN6O. The molecule has 0 saturated heterocycles. The summed E-state index contributed by atoms with van der Waals surface area (Å²) in [7, 11) is 1.87. The van der Waals surface area contributed by atoms with E-state index in [1.165, 1.54) is 0 Å². The largest absolute Gasteiger partial charge is 0.353 e. The van der Waals surface area contributed by atoms with Crippen molar-refractivity contribution in [1.82, 2.24) is 24.8 Å². The van der Waals surface area contributed by atoms with Gasteiger partial charge < -0.3 is 15.6 Å². The van der Waals surface area contributed by atoms with E-state index in [2.05, 4.69) is 25.6 Å². The van der Waals surface area contributed by atoms with E-state index in [0.717, 1.165) is 12.1 Å². The standard InChI is InChI=1S/C15H17ClN6O.C2H6/c1-17-6-7-18-14-19-8-12-13(21-14)22(15(23)20-12)9-10-4-2-3-5-11(10)16;1-2/h2-5,8,17H,6-7,9H2,1H3,(H,20,23)(H,18,19,21);1-2H3. The molecule has 0 amide bonds.